The third kappa shape index (κ3) is 2.27. The molecule has 1 aromatic carbocycles. The first kappa shape index (κ1) is 13.1. The third-order valence-corrected chi connectivity index (χ3v) is 3.46. The predicted octanol–water partition coefficient (Wildman–Crippen LogP) is 2.80. The Labute approximate surface area is 103 Å². The van der Waals surface area contributed by atoms with E-state index in [4.69, 9.17) is 5.73 Å². The molecular weight excluding hydrogens is 243 g/mol. The van der Waals surface area contributed by atoms with Crippen LogP contribution in [0.5, 0.6) is 0 Å². The van der Waals surface area contributed by atoms with Crippen molar-refractivity contribution in [3.63, 3.8) is 0 Å². The summed E-state index contributed by atoms with van der Waals surface area (Å²) in [5.41, 5.74) is 5.42. The SMILES string of the molecule is NC1CCCCC1C(=O)c1ccc(F)c(F)c1F. The maximum atomic E-state index is 13.5. The molecule has 1 aliphatic carbocycles. The van der Waals surface area contributed by atoms with E-state index in [2.05, 4.69) is 0 Å². The Balaban J connectivity index is 2.31. The molecule has 2 rings (SSSR count). The molecule has 1 aliphatic rings. The monoisotopic (exact) mass is 257 g/mol. The Kier molecular flexibility index (Phi) is 3.71. The van der Waals surface area contributed by atoms with Crippen LogP contribution in [0.4, 0.5) is 13.2 Å². The molecule has 1 fully saturated rings. The van der Waals surface area contributed by atoms with Crippen molar-refractivity contribution in [2.75, 3.05) is 0 Å². The van der Waals surface area contributed by atoms with Gasteiger partial charge in [-0.05, 0) is 25.0 Å². The minimum atomic E-state index is -1.61. The Bertz CT molecular complexity index is 476. The average molecular weight is 257 g/mol. The molecule has 18 heavy (non-hydrogen) atoms. The van der Waals surface area contributed by atoms with Crippen molar-refractivity contribution >= 4 is 5.78 Å². The van der Waals surface area contributed by atoms with Gasteiger partial charge in [-0.1, -0.05) is 12.8 Å². The number of Topliss-reactive ketones (excluding diaryl/α,β-unsaturated/α-hetero) is 1. The number of rotatable bonds is 2. The lowest BCUT2D eigenvalue weighted by Crippen LogP contribution is -2.38. The molecule has 5 heteroatoms. The topological polar surface area (TPSA) is 43.1 Å². The first-order valence-electron chi connectivity index (χ1n) is 5.95. The summed E-state index contributed by atoms with van der Waals surface area (Å²) in [5.74, 6) is -5.35. The van der Waals surface area contributed by atoms with Crippen molar-refractivity contribution < 1.29 is 18.0 Å². The summed E-state index contributed by atoms with van der Waals surface area (Å²) in [6.45, 7) is 0. The van der Waals surface area contributed by atoms with Crippen LogP contribution < -0.4 is 5.73 Å². The quantitative estimate of drug-likeness (QED) is 0.654. The van der Waals surface area contributed by atoms with E-state index in [9.17, 15) is 18.0 Å². The maximum absolute atomic E-state index is 13.5. The number of hydrogen-bond acceptors (Lipinski definition) is 2. The molecule has 2 N–H and O–H groups in total. The van der Waals surface area contributed by atoms with Crippen LogP contribution in [0.15, 0.2) is 12.1 Å². The molecule has 0 heterocycles. The summed E-state index contributed by atoms with van der Waals surface area (Å²) in [6.07, 6.45) is 3.04. The molecule has 1 saturated carbocycles. The first-order chi connectivity index (χ1) is 8.52. The largest absolute Gasteiger partial charge is 0.327 e. The highest BCUT2D eigenvalue weighted by Gasteiger charge is 2.31. The van der Waals surface area contributed by atoms with Crippen LogP contribution in [0.25, 0.3) is 0 Å². The summed E-state index contributed by atoms with van der Waals surface area (Å²) >= 11 is 0. The lowest BCUT2D eigenvalue weighted by molar-refractivity contribution is 0.0865. The molecule has 2 unspecified atom stereocenters. The van der Waals surface area contributed by atoms with Crippen molar-refractivity contribution in [1.82, 2.24) is 0 Å². The molecule has 0 aliphatic heterocycles. The van der Waals surface area contributed by atoms with Gasteiger partial charge in [0.2, 0.25) is 0 Å². The number of nitrogens with two attached hydrogens (primary N) is 1. The van der Waals surface area contributed by atoms with Crippen LogP contribution in [-0.4, -0.2) is 11.8 Å². The van der Waals surface area contributed by atoms with Crippen molar-refractivity contribution in [1.29, 1.82) is 0 Å². The molecule has 0 spiro atoms. The fraction of sp³-hybridized carbons (Fsp3) is 0.462. The van der Waals surface area contributed by atoms with Gasteiger partial charge < -0.3 is 5.73 Å². The first-order valence-corrected chi connectivity index (χ1v) is 5.95. The van der Waals surface area contributed by atoms with Gasteiger partial charge in [-0.3, -0.25) is 4.79 Å². The van der Waals surface area contributed by atoms with Gasteiger partial charge in [0.1, 0.15) is 0 Å². The lowest BCUT2D eigenvalue weighted by Gasteiger charge is -2.27. The number of hydrogen-bond donors (Lipinski definition) is 1. The second kappa shape index (κ2) is 5.10. The van der Waals surface area contributed by atoms with E-state index in [1.807, 2.05) is 0 Å². The molecule has 0 saturated heterocycles. The van der Waals surface area contributed by atoms with Gasteiger partial charge in [-0.2, -0.15) is 0 Å². The second-order valence-electron chi connectivity index (χ2n) is 4.64. The van der Waals surface area contributed by atoms with Crippen LogP contribution in [0.2, 0.25) is 0 Å². The van der Waals surface area contributed by atoms with E-state index in [0.717, 1.165) is 25.0 Å². The predicted molar refractivity (Wildman–Crippen MR) is 60.6 cm³/mol. The highest BCUT2D eigenvalue weighted by molar-refractivity contribution is 5.98. The van der Waals surface area contributed by atoms with Crippen molar-refractivity contribution in [2.45, 2.75) is 31.7 Å². The highest BCUT2D eigenvalue weighted by Crippen LogP contribution is 2.28. The zero-order chi connectivity index (χ0) is 13.3. The van der Waals surface area contributed by atoms with E-state index in [0.29, 0.717) is 12.8 Å². The van der Waals surface area contributed by atoms with Crippen LogP contribution >= 0.6 is 0 Å². The summed E-state index contributed by atoms with van der Waals surface area (Å²) in [7, 11) is 0. The van der Waals surface area contributed by atoms with Gasteiger partial charge in [0.25, 0.3) is 0 Å². The Morgan fingerprint density at radius 1 is 1.11 bits per heavy atom. The van der Waals surface area contributed by atoms with Crippen molar-refractivity contribution in [2.24, 2.45) is 11.7 Å². The van der Waals surface area contributed by atoms with Crippen LogP contribution in [0.1, 0.15) is 36.0 Å². The minimum Gasteiger partial charge on any atom is -0.327 e. The zero-order valence-electron chi connectivity index (χ0n) is 9.76. The van der Waals surface area contributed by atoms with E-state index < -0.39 is 34.7 Å². The van der Waals surface area contributed by atoms with Gasteiger partial charge in [0, 0.05) is 12.0 Å². The molecule has 0 aromatic heterocycles. The Hall–Kier alpha value is -1.36. The molecule has 0 radical (unpaired) electrons. The second-order valence-corrected chi connectivity index (χ2v) is 4.64. The smallest absolute Gasteiger partial charge is 0.195 e. The molecular formula is C13H14F3NO. The number of halogens is 3. The van der Waals surface area contributed by atoms with Gasteiger partial charge >= 0.3 is 0 Å². The molecule has 1 aromatic rings. The zero-order valence-corrected chi connectivity index (χ0v) is 9.76. The van der Waals surface area contributed by atoms with Crippen LogP contribution in [-0.2, 0) is 0 Å². The van der Waals surface area contributed by atoms with Gasteiger partial charge in [0.05, 0.1) is 5.56 Å². The number of benzene rings is 1. The van der Waals surface area contributed by atoms with Crippen molar-refractivity contribution in [3.8, 4) is 0 Å². The minimum absolute atomic E-state index is 0.334. The normalized spacial score (nSPS) is 24.0. The Morgan fingerprint density at radius 2 is 1.78 bits per heavy atom. The summed E-state index contributed by atoms with van der Waals surface area (Å²) < 4.78 is 39.4. The molecule has 2 nitrogen and oxygen atoms in total. The van der Waals surface area contributed by atoms with Crippen LogP contribution in [0, 0.1) is 23.4 Å². The summed E-state index contributed by atoms with van der Waals surface area (Å²) in [6, 6.07) is 1.41. The van der Waals surface area contributed by atoms with E-state index >= 15 is 0 Å². The number of ketones is 1. The van der Waals surface area contributed by atoms with E-state index in [1.165, 1.54) is 0 Å². The fourth-order valence-electron chi connectivity index (χ4n) is 2.40. The van der Waals surface area contributed by atoms with Crippen molar-refractivity contribution in [3.05, 3.63) is 35.1 Å². The fourth-order valence-corrected chi connectivity index (χ4v) is 2.40. The Morgan fingerprint density at radius 3 is 2.44 bits per heavy atom. The van der Waals surface area contributed by atoms with Gasteiger partial charge in [-0.15, -0.1) is 0 Å². The third-order valence-electron chi connectivity index (χ3n) is 3.46. The lowest BCUT2D eigenvalue weighted by atomic mass is 9.80. The number of carbonyl (C=O) groups is 1. The van der Waals surface area contributed by atoms with Gasteiger partial charge in [0.15, 0.2) is 23.2 Å². The van der Waals surface area contributed by atoms with Crippen LogP contribution in [0.3, 0.4) is 0 Å². The molecule has 2 atom stereocenters. The highest BCUT2D eigenvalue weighted by atomic mass is 19.2. The average Bonchev–Trinajstić information content (AvgIpc) is 2.36. The summed E-state index contributed by atoms with van der Waals surface area (Å²) in [4.78, 5) is 12.1. The molecule has 0 bridgehead atoms. The van der Waals surface area contributed by atoms with E-state index in [-0.39, 0.29) is 6.04 Å². The maximum Gasteiger partial charge on any atom is 0.195 e. The number of carbonyl (C=O) groups excluding carboxylic acids is 1. The van der Waals surface area contributed by atoms with E-state index in [1.54, 1.807) is 0 Å². The summed E-state index contributed by atoms with van der Waals surface area (Å²) in [5, 5.41) is 0. The molecule has 98 valence electrons. The molecule has 0 amide bonds. The van der Waals surface area contributed by atoms with Gasteiger partial charge in [-0.25, -0.2) is 13.2 Å². The standard InChI is InChI=1S/C13H14F3NO/c14-9-6-5-8(11(15)12(9)16)13(18)7-3-1-2-4-10(7)17/h5-7,10H,1-4,17H2.